The molecule has 0 atom stereocenters. The maximum Gasteiger partial charge on any atom is 0.338 e. The van der Waals surface area contributed by atoms with Crippen molar-refractivity contribution in [1.29, 1.82) is 0 Å². The maximum absolute atomic E-state index is 13.0. The number of anilines is 1. The number of esters is 1. The van der Waals surface area contributed by atoms with Crippen LogP contribution in [0.1, 0.15) is 36.6 Å². The van der Waals surface area contributed by atoms with Gasteiger partial charge in [-0.25, -0.2) is 9.69 Å². The zero-order valence-electron chi connectivity index (χ0n) is 15.9. The molecule has 0 unspecified atom stereocenters. The zero-order chi connectivity index (χ0) is 21.3. The van der Waals surface area contributed by atoms with Crippen molar-refractivity contribution in [2.75, 3.05) is 12.0 Å². The van der Waals surface area contributed by atoms with E-state index in [1.54, 1.807) is 30.3 Å². The molecule has 0 saturated carbocycles. The van der Waals surface area contributed by atoms with Gasteiger partial charge in [0.1, 0.15) is 18.0 Å². The van der Waals surface area contributed by atoms with Gasteiger partial charge in [-0.3, -0.25) is 9.59 Å². The number of hydrogen-bond donors (Lipinski definition) is 0. The van der Waals surface area contributed by atoms with Crippen molar-refractivity contribution in [1.82, 2.24) is 0 Å². The molecule has 0 N–H and O–H groups in total. The van der Waals surface area contributed by atoms with Crippen LogP contribution in [-0.2, 0) is 11.3 Å². The Balaban J connectivity index is 1.79. The molecule has 150 valence electrons. The second kappa shape index (κ2) is 8.27. The summed E-state index contributed by atoms with van der Waals surface area (Å²) >= 11 is 1.99. The third-order valence-electron chi connectivity index (χ3n) is 4.70. The Bertz CT molecular complexity index is 1120. The van der Waals surface area contributed by atoms with Crippen molar-refractivity contribution in [2.45, 2.75) is 6.61 Å². The molecule has 1 aliphatic rings. The largest absolute Gasteiger partial charge is 0.487 e. The number of fused-ring (bicyclic) bond motifs is 1. The van der Waals surface area contributed by atoms with Gasteiger partial charge in [-0.2, -0.15) is 0 Å². The highest BCUT2D eigenvalue weighted by atomic mass is 127. The number of methoxy groups -OCH3 is 1. The van der Waals surface area contributed by atoms with E-state index >= 15 is 0 Å². The minimum atomic E-state index is -0.536. The highest BCUT2D eigenvalue weighted by molar-refractivity contribution is 14.1. The van der Waals surface area contributed by atoms with E-state index in [0.29, 0.717) is 20.4 Å². The number of nitrogens with zero attached hydrogens (tertiary/aromatic N) is 1. The Hall–Kier alpha value is -3.20. The second-order valence-corrected chi connectivity index (χ2v) is 7.72. The monoisotopic (exact) mass is 513 g/mol. The van der Waals surface area contributed by atoms with Crippen LogP contribution in [0.5, 0.6) is 5.75 Å². The molecule has 3 aromatic rings. The molecule has 0 aliphatic carbocycles. The van der Waals surface area contributed by atoms with Crippen LogP contribution >= 0.6 is 22.6 Å². The smallest absolute Gasteiger partial charge is 0.338 e. The topological polar surface area (TPSA) is 72.9 Å². The summed E-state index contributed by atoms with van der Waals surface area (Å²) in [7, 11) is 1.29. The maximum atomic E-state index is 13.0. The predicted molar refractivity (Wildman–Crippen MR) is 119 cm³/mol. The Morgan fingerprint density at radius 1 is 0.933 bits per heavy atom. The molecule has 2 amide bonds. The minimum Gasteiger partial charge on any atom is -0.487 e. The second-order valence-electron chi connectivity index (χ2n) is 6.56. The molecule has 1 heterocycles. The number of rotatable bonds is 5. The Labute approximate surface area is 186 Å². The summed E-state index contributed by atoms with van der Waals surface area (Å²) in [5, 5.41) is 0. The summed E-state index contributed by atoms with van der Waals surface area (Å²) in [4.78, 5) is 39.2. The summed E-state index contributed by atoms with van der Waals surface area (Å²) in [5.41, 5.74) is 2.16. The highest BCUT2D eigenvalue weighted by Crippen LogP contribution is 2.40. The molecule has 0 radical (unpaired) electrons. The summed E-state index contributed by atoms with van der Waals surface area (Å²) < 4.78 is 11.3. The van der Waals surface area contributed by atoms with E-state index in [4.69, 9.17) is 9.47 Å². The van der Waals surface area contributed by atoms with Gasteiger partial charge < -0.3 is 9.47 Å². The Kier molecular flexibility index (Phi) is 5.54. The molecular weight excluding hydrogens is 497 g/mol. The van der Waals surface area contributed by atoms with Crippen LogP contribution in [0, 0.1) is 3.57 Å². The average Bonchev–Trinajstić information content (AvgIpc) is 3.02. The van der Waals surface area contributed by atoms with Crippen molar-refractivity contribution in [3.8, 4) is 5.75 Å². The molecule has 30 heavy (non-hydrogen) atoms. The van der Waals surface area contributed by atoms with Gasteiger partial charge >= 0.3 is 5.97 Å². The summed E-state index contributed by atoms with van der Waals surface area (Å²) in [6.07, 6.45) is 0. The molecule has 4 rings (SSSR count). The van der Waals surface area contributed by atoms with E-state index in [1.165, 1.54) is 13.2 Å². The summed E-state index contributed by atoms with van der Waals surface area (Å²) in [5.74, 6) is -1.14. The molecule has 0 fully saturated rings. The molecule has 1 aliphatic heterocycles. The first-order valence-electron chi connectivity index (χ1n) is 9.07. The number of ether oxygens (including phenoxy) is 2. The third-order valence-corrected chi connectivity index (χ3v) is 5.53. The van der Waals surface area contributed by atoms with Gasteiger partial charge in [0.2, 0.25) is 0 Å². The van der Waals surface area contributed by atoms with Gasteiger partial charge in [-0.15, -0.1) is 0 Å². The number of halogens is 1. The van der Waals surface area contributed by atoms with Gasteiger partial charge in [0, 0.05) is 3.57 Å². The van der Waals surface area contributed by atoms with E-state index in [1.807, 2.05) is 52.9 Å². The number of carbonyl (C=O) groups excluding carboxylic acids is 3. The summed E-state index contributed by atoms with van der Waals surface area (Å²) in [6.45, 7) is 0.206. The quantitative estimate of drug-likeness (QED) is 0.286. The molecule has 6 nitrogen and oxygen atoms in total. The molecule has 3 aromatic carbocycles. The fraction of sp³-hybridized carbons (Fsp3) is 0.0870. The first kappa shape index (κ1) is 20.1. The van der Waals surface area contributed by atoms with E-state index in [0.717, 1.165) is 10.5 Å². The molecule has 0 bridgehead atoms. The van der Waals surface area contributed by atoms with Gasteiger partial charge in [0.25, 0.3) is 11.8 Å². The molecular formula is C23H16INO5. The first-order chi connectivity index (χ1) is 14.5. The molecule has 7 heteroatoms. The number of amides is 2. The van der Waals surface area contributed by atoms with E-state index < -0.39 is 17.8 Å². The first-order valence-corrected chi connectivity index (χ1v) is 10.2. The normalized spacial score (nSPS) is 12.7. The minimum absolute atomic E-state index is 0.206. The number of carbonyl (C=O) groups is 3. The lowest BCUT2D eigenvalue weighted by Crippen LogP contribution is -2.30. The van der Waals surface area contributed by atoms with Gasteiger partial charge in [-0.05, 0) is 52.4 Å². The van der Waals surface area contributed by atoms with Crippen molar-refractivity contribution in [3.63, 3.8) is 0 Å². The van der Waals surface area contributed by atoms with Gasteiger partial charge in [0.05, 0.1) is 23.8 Å². The fourth-order valence-electron chi connectivity index (χ4n) is 3.26. The lowest BCUT2D eigenvalue weighted by molar-refractivity contribution is 0.0600. The zero-order valence-corrected chi connectivity index (χ0v) is 18.1. The standard InChI is InChI=1S/C23H16INO5/c1-29-23(28)15-11-18(24)20(19(12-15)30-13-14-7-3-2-4-8-14)25-21(26)16-9-5-6-10-17(16)22(25)27/h2-12H,13H2,1H3. The predicted octanol–water partition coefficient (Wildman–Crippen LogP) is 4.46. The van der Waals surface area contributed by atoms with Crippen LogP contribution in [0.4, 0.5) is 5.69 Å². The van der Waals surface area contributed by atoms with Crippen molar-refractivity contribution >= 4 is 46.1 Å². The van der Waals surface area contributed by atoms with Crippen LogP contribution in [0.2, 0.25) is 0 Å². The van der Waals surface area contributed by atoms with E-state index in [9.17, 15) is 14.4 Å². The van der Waals surface area contributed by atoms with Crippen molar-refractivity contribution < 1.29 is 23.9 Å². The molecule has 0 aromatic heterocycles. The van der Waals surface area contributed by atoms with Crippen LogP contribution in [-0.4, -0.2) is 24.9 Å². The van der Waals surface area contributed by atoms with Crippen LogP contribution in [0.25, 0.3) is 0 Å². The number of hydrogen-bond acceptors (Lipinski definition) is 5. The van der Waals surface area contributed by atoms with Crippen molar-refractivity contribution in [3.05, 3.63) is 92.6 Å². The van der Waals surface area contributed by atoms with Crippen molar-refractivity contribution in [2.24, 2.45) is 0 Å². The number of benzene rings is 3. The van der Waals surface area contributed by atoms with Crippen LogP contribution in [0.15, 0.2) is 66.7 Å². The van der Waals surface area contributed by atoms with Gasteiger partial charge in [-0.1, -0.05) is 42.5 Å². The summed E-state index contributed by atoms with van der Waals surface area (Å²) in [6, 6.07) is 19.2. The molecule has 0 saturated heterocycles. The highest BCUT2D eigenvalue weighted by Gasteiger charge is 2.39. The third kappa shape index (κ3) is 3.56. The lowest BCUT2D eigenvalue weighted by Gasteiger charge is -2.21. The van der Waals surface area contributed by atoms with Gasteiger partial charge in [0.15, 0.2) is 0 Å². The SMILES string of the molecule is COC(=O)c1cc(I)c(N2C(=O)c3ccccc3C2=O)c(OCc2ccccc2)c1. The average molecular weight is 513 g/mol. The van der Waals surface area contributed by atoms with Crippen LogP contribution in [0.3, 0.4) is 0 Å². The van der Waals surface area contributed by atoms with Crippen LogP contribution < -0.4 is 9.64 Å². The lowest BCUT2D eigenvalue weighted by atomic mass is 10.1. The Morgan fingerprint density at radius 3 is 2.13 bits per heavy atom. The Morgan fingerprint density at radius 2 is 1.53 bits per heavy atom. The molecule has 0 spiro atoms. The van der Waals surface area contributed by atoms with E-state index in [-0.39, 0.29) is 17.9 Å². The number of imide groups is 1. The fourth-order valence-corrected chi connectivity index (χ4v) is 4.11. The van der Waals surface area contributed by atoms with E-state index in [2.05, 4.69) is 0 Å².